The Labute approximate surface area is 125 Å². The number of likely N-dealkylation sites (N-methyl/N-ethyl adjacent to an activating group) is 1. The summed E-state index contributed by atoms with van der Waals surface area (Å²) < 4.78 is 5.38. The molecule has 1 aromatic heterocycles. The number of carbonyl (C=O) groups is 1. The molecule has 112 valence electrons. The number of para-hydroxylation sites is 1. The smallest absolute Gasteiger partial charge is 0.310 e. The lowest BCUT2D eigenvalue weighted by atomic mass is 10.1. The minimum absolute atomic E-state index is 0.202. The van der Waals surface area contributed by atoms with Crippen molar-refractivity contribution in [2.45, 2.75) is 38.6 Å². The molecule has 3 rings (SSSR count). The molecule has 1 aromatic carbocycles. The summed E-state index contributed by atoms with van der Waals surface area (Å²) in [5, 5.41) is 1.15. The van der Waals surface area contributed by atoms with Crippen LogP contribution in [0.3, 0.4) is 0 Å². The zero-order valence-electron chi connectivity index (χ0n) is 12.7. The molecule has 0 atom stereocenters. The summed E-state index contributed by atoms with van der Waals surface area (Å²) in [5.41, 5.74) is 2.20. The first kappa shape index (κ1) is 14.1. The molecule has 0 saturated heterocycles. The van der Waals surface area contributed by atoms with E-state index in [-0.39, 0.29) is 5.97 Å². The Balaban J connectivity index is 1.77. The van der Waals surface area contributed by atoms with Gasteiger partial charge in [-0.3, -0.25) is 4.79 Å². The maximum absolute atomic E-state index is 11.5. The van der Waals surface area contributed by atoms with Crippen molar-refractivity contribution in [3.8, 4) is 5.75 Å². The van der Waals surface area contributed by atoms with E-state index in [1.54, 1.807) is 6.92 Å². The number of hydrogen-bond acceptors (Lipinski definition) is 3. The summed E-state index contributed by atoms with van der Waals surface area (Å²) in [5.74, 6) is 0.424. The summed E-state index contributed by atoms with van der Waals surface area (Å²) >= 11 is 0. The van der Waals surface area contributed by atoms with E-state index in [1.807, 2.05) is 18.3 Å². The van der Waals surface area contributed by atoms with Crippen LogP contribution >= 0.6 is 0 Å². The standard InChI is InChI=1S/C17H22N2O2/c1-3-16(20)21-15-6-4-5-14-12(11-18-17(14)15)9-10-19(2)13-7-8-13/h4-6,11,13,18H,3,7-10H2,1-2H3. The normalized spacial score (nSPS) is 14.8. The Morgan fingerprint density at radius 2 is 2.24 bits per heavy atom. The molecular formula is C17H22N2O2. The molecule has 1 aliphatic rings. The minimum atomic E-state index is -0.202. The quantitative estimate of drug-likeness (QED) is 0.655. The van der Waals surface area contributed by atoms with E-state index in [2.05, 4.69) is 23.0 Å². The van der Waals surface area contributed by atoms with E-state index in [0.717, 1.165) is 29.9 Å². The predicted molar refractivity (Wildman–Crippen MR) is 83.6 cm³/mol. The number of aromatic nitrogens is 1. The number of benzene rings is 1. The van der Waals surface area contributed by atoms with Crippen molar-refractivity contribution >= 4 is 16.9 Å². The average Bonchev–Trinajstić information content (AvgIpc) is 3.26. The van der Waals surface area contributed by atoms with E-state index in [4.69, 9.17) is 4.74 Å². The Bertz CT molecular complexity index is 643. The number of nitrogens with one attached hydrogen (secondary N) is 1. The van der Waals surface area contributed by atoms with Crippen LogP contribution in [0.25, 0.3) is 10.9 Å². The van der Waals surface area contributed by atoms with Crippen molar-refractivity contribution in [2.24, 2.45) is 0 Å². The molecule has 1 aliphatic carbocycles. The summed E-state index contributed by atoms with van der Waals surface area (Å²) in [6.45, 7) is 2.87. The van der Waals surface area contributed by atoms with Gasteiger partial charge in [0.15, 0.2) is 5.75 Å². The van der Waals surface area contributed by atoms with Gasteiger partial charge >= 0.3 is 5.97 Å². The van der Waals surface area contributed by atoms with Crippen LogP contribution < -0.4 is 4.74 Å². The fraction of sp³-hybridized carbons (Fsp3) is 0.471. The van der Waals surface area contributed by atoms with Crippen LogP contribution in [0.15, 0.2) is 24.4 Å². The van der Waals surface area contributed by atoms with Crippen molar-refractivity contribution in [3.63, 3.8) is 0 Å². The van der Waals surface area contributed by atoms with E-state index < -0.39 is 0 Å². The molecule has 1 heterocycles. The van der Waals surface area contributed by atoms with Crippen molar-refractivity contribution < 1.29 is 9.53 Å². The van der Waals surface area contributed by atoms with Crippen molar-refractivity contribution in [1.29, 1.82) is 0 Å². The number of nitrogens with zero attached hydrogens (tertiary/aromatic N) is 1. The van der Waals surface area contributed by atoms with Gasteiger partial charge in [-0.15, -0.1) is 0 Å². The highest BCUT2D eigenvalue weighted by molar-refractivity contribution is 5.90. The van der Waals surface area contributed by atoms with E-state index in [9.17, 15) is 4.79 Å². The highest BCUT2D eigenvalue weighted by Crippen LogP contribution is 2.29. The van der Waals surface area contributed by atoms with E-state index in [0.29, 0.717) is 12.2 Å². The van der Waals surface area contributed by atoms with Crippen LogP contribution in [0.1, 0.15) is 31.7 Å². The molecule has 21 heavy (non-hydrogen) atoms. The first-order chi connectivity index (χ1) is 10.2. The topological polar surface area (TPSA) is 45.3 Å². The lowest BCUT2D eigenvalue weighted by Gasteiger charge is -2.14. The number of H-pyrrole nitrogens is 1. The Morgan fingerprint density at radius 1 is 1.43 bits per heavy atom. The molecule has 0 aliphatic heterocycles. The highest BCUT2D eigenvalue weighted by Gasteiger charge is 2.25. The molecule has 0 bridgehead atoms. The lowest BCUT2D eigenvalue weighted by Crippen LogP contribution is -2.23. The van der Waals surface area contributed by atoms with Gasteiger partial charge < -0.3 is 14.6 Å². The van der Waals surface area contributed by atoms with Crippen LogP contribution in [-0.2, 0) is 11.2 Å². The van der Waals surface area contributed by atoms with Gasteiger partial charge in [0.05, 0.1) is 5.52 Å². The van der Waals surface area contributed by atoms with E-state index >= 15 is 0 Å². The maximum Gasteiger partial charge on any atom is 0.310 e. The van der Waals surface area contributed by atoms with Gasteiger partial charge in [-0.2, -0.15) is 0 Å². The average molecular weight is 286 g/mol. The molecule has 0 unspecified atom stereocenters. The summed E-state index contributed by atoms with van der Waals surface area (Å²) in [7, 11) is 2.20. The van der Waals surface area contributed by atoms with Gasteiger partial charge in [-0.1, -0.05) is 19.1 Å². The molecule has 4 heteroatoms. The zero-order valence-corrected chi connectivity index (χ0v) is 12.7. The number of rotatable bonds is 6. The van der Waals surface area contributed by atoms with Gasteiger partial charge in [-0.25, -0.2) is 0 Å². The molecule has 0 radical (unpaired) electrons. The maximum atomic E-state index is 11.5. The highest BCUT2D eigenvalue weighted by atomic mass is 16.5. The zero-order chi connectivity index (χ0) is 14.8. The second-order valence-electron chi connectivity index (χ2n) is 5.78. The fourth-order valence-corrected chi connectivity index (χ4v) is 2.67. The fourth-order valence-electron chi connectivity index (χ4n) is 2.67. The molecule has 2 aromatic rings. The number of carbonyl (C=O) groups excluding carboxylic acids is 1. The Morgan fingerprint density at radius 3 is 2.95 bits per heavy atom. The minimum Gasteiger partial charge on any atom is -0.424 e. The SMILES string of the molecule is CCC(=O)Oc1cccc2c(CCN(C)C3CC3)c[nH]c12. The molecule has 0 amide bonds. The summed E-state index contributed by atoms with van der Waals surface area (Å²) in [6, 6.07) is 6.66. The van der Waals surface area contributed by atoms with Gasteiger partial charge in [0, 0.05) is 30.6 Å². The largest absolute Gasteiger partial charge is 0.424 e. The first-order valence-corrected chi connectivity index (χ1v) is 7.69. The second kappa shape index (κ2) is 5.90. The van der Waals surface area contributed by atoms with Crippen LogP contribution in [-0.4, -0.2) is 35.5 Å². The number of esters is 1. The third-order valence-electron chi connectivity index (χ3n) is 4.18. The van der Waals surface area contributed by atoms with Crippen LogP contribution in [0.4, 0.5) is 0 Å². The number of aromatic amines is 1. The van der Waals surface area contributed by atoms with Gasteiger partial charge in [0.2, 0.25) is 0 Å². The van der Waals surface area contributed by atoms with Crippen molar-refractivity contribution in [2.75, 3.05) is 13.6 Å². The van der Waals surface area contributed by atoms with Gasteiger partial charge in [0.1, 0.15) is 0 Å². The molecule has 0 spiro atoms. The predicted octanol–water partition coefficient (Wildman–Crippen LogP) is 3.12. The first-order valence-electron chi connectivity index (χ1n) is 7.69. The van der Waals surface area contributed by atoms with Crippen LogP contribution in [0, 0.1) is 0 Å². The lowest BCUT2D eigenvalue weighted by molar-refractivity contribution is -0.133. The van der Waals surface area contributed by atoms with Gasteiger partial charge in [-0.05, 0) is 37.9 Å². The van der Waals surface area contributed by atoms with Gasteiger partial charge in [0.25, 0.3) is 0 Å². The molecule has 1 N–H and O–H groups in total. The van der Waals surface area contributed by atoms with E-state index in [1.165, 1.54) is 18.4 Å². The monoisotopic (exact) mass is 286 g/mol. The number of hydrogen-bond donors (Lipinski definition) is 1. The molecule has 1 fully saturated rings. The number of ether oxygens (including phenoxy) is 1. The number of fused-ring (bicyclic) bond motifs is 1. The van der Waals surface area contributed by atoms with Crippen molar-refractivity contribution in [3.05, 3.63) is 30.0 Å². The van der Waals surface area contributed by atoms with Crippen LogP contribution in [0.5, 0.6) is 5.75 Å². The molecular weight excluding hydrogens is 264 g/mol. The molecule has 1 saturated carbocycles. The Kier molecular flexibility index (Phi) is 3.97. The van der Waals surface area contributed by atoms with Crippen molar-refractivity contribution in [1.82, 2.24) is 9.88 Å². The summed E-state index contributed by atoms with van der Waals surface area (Å²) in [4.78, 5) is 17.2. The third-order valence-corrected chi connectivity index (χ3v) is 4.18. The second-order valence-corrected chi connectivity index (χ2v) is 5.78. The van der Waals surface area contributed by atoms with Crippen LogP contribution in [0.2, 0.25) is 0 Å². The summed E-state index contributed by atoms with van der Waals surface area (Å²) in [6.07, 6.45) is 6.10. The third kappa shape index (κ3) is 3.10. The Hall–Kier alpha value is -1.81. The molecule has 4 nitrogen and oxygen atoms in total.